The molecule has 3 aromatic rings. The van der Waals surface area contributed by atoms with Crippen molar-refractivity contribution in [2.45, 2.75) is 41.5 Å². The van der Waals surface area contributed by atoms with Crippen LogP contribution in [-0.2, 0) is 14.1 Å². The molecule has 0 aliphatic heterocycles. The highest BCUT2D eigenvalue weighted by Gasteiger charge is 2.27. The molecule has 3 aromatic heterocycles. The molecule has 0 radical (unpaired) electrons. The third-order valence-electron chi connectivity index (χ3n) is 5.62. The molecule has 0 N–H and O–H groups in total. The van der Waals surface area contributed by atoms with Crippen LogP contribution in [0.5, 0.6) is 0 Å². The highest BCUT2D eigenvalue weighted by molar-refractivity contribution is 5.62. The summed E-state index contributed by atoms with van der Waals surface area (Å²) >= 11 is 0. The molecule has 26 heavy (non-hydrogen) atoms. The lowest BCUT2D eigenvalue weighted by Gasteiger charge is -2.11. The van der Waals surface area contributed by atoms with E-state index in [0.717, 1.165) is 5.69 Å². The van der Waals surface area contributed by atoms with Gasteiger partial charge >= 0.3 is 0 Å². The van der Waals surface area contributed by atoms with Crippen LogP contribution in [0, 0.1) is 41.5 Å². The lowest BCUT2D eigenvalue weighted by Crippen LogP contribution is -2.41. The van der Waals surface area contributed by atoms with Gasteiger partial charge in [0.15, 0.2) is 6.20 Å². The quantitative estimate of drug-likeness (QED) is 0.644. The second-order valence-electron chi connectivity index (χ2n) is 7.53. The molecule has 0 amide bonds. The maximum Gasteiger partial charge on any atom is 0.277 e. The van der Waals surface area contributed by atoms with E-state index >= 15 is 0 Å². The summed E-state index contributed by atoms with van der Waals surface area (Å²) in [5.41, 5.74) is 12.3. The van der Waals surface area contributed by atoms with Gasteiger partial charge in [-0.1, -0.05) is 0 Å². The van der Waals surface area contributed by atoms with Crippen LogP contribution in [0.4, 0.5) is 0 Å². The zero-order valence-electron chi connectivity index (χ0n) is 17.2. The first-order valence-corrected chi connectivity index (χ1v) is 9.11. The van der Waals surface area contributed by atoms with Gasteiger partial charge in [-0.2, -0.15) is 9.13 Å². The van der Waals surface area contributed by atoms with Crippen LogP contribution >= 0.6 is 0 Å². The molecule has 0 saturated carbocycles. The van der Waals surface area contributed by atoms with Crippen molar-refractivity contribution in [3.63, 3.8) is 0 Å². The van der Waals surface area contributed by atoms with Gasteiger partial charge in [-0.05, 0) is 69.9 Å². The van der Waals surface area contributed by atoms with Gasteiger partial charge in [-0.25, -0.2) is 4.98 Å². The topological polar surface area (TPSA) is 20.6 Å². The molecule has 0 atom stereocenters. The minimum absolute atomic E-state index is 1.03. The standard InChI is InChI=1S/C23H29N3/c1-14-9-20(24-12-17(14)4)23-19(6)16(3)11-22(26(23)8)21-10-15(2)18(5)13-25(21)7/h9-13H,1-8H3/q+2. The Bertz CT molecular complexity index is 1020. The second kappa shape index (κ2) is 6.64. The summed E-state index contributed by atoms with van der Waals surface area (Å²) in [6, 6.07) is 6.75. The first-order valence-electron chi connectivity index (χ1n) is 9.11. The van der Waals surface area contributed by atoms with Crippen molar-refractivity contribution >= 4 is 0 Å². The highest BCUT2D eigenvalue weighted by atomic mass is 15.0. The van der Waals surface area contributed by atoms with E-state index in [1.807, 2.05) is 6.20 Å². The van der Waals surface area contributed by atoms with Crippen molar-refractivity contribution in [1.82, 2.24) is 4.98 Å². The molecular formula is C23H29N3+2. The zero-order chi connectivity index (χ0) is 19.2. The molecule has 0 bridgehead atoms. The van der Waals surface area contributed by atoms with Crippen LogP contribution < -0.4 is 9.13 Å². The Morgan fingerprint density at radius 3 is 1.96 bits per heavy atom. The number of hydrogen-bond acceptors (Lipinski definition) is 1. The lowest BCUT2D eigenvalue weighted by molar-refractivity contribution is -0.685. The fourth-order valence-electron chi connectivity index (χ4n) is 3.47. The summed E-state index contributed by atoms with van der Waals surface area (Å²) in [5, 5.41) is 0. The molecule has 0 fully saturated rings. The molecular weight excluding hydrogens is 318 g/mol. The van der Waals surface area contributed by atoms with Crippen LogP contribution in [0.2, 0.25) is 0 Å². The number of aryl methyl sites for hydroxylation is 6. The molecule has 0 aliphatic rings. The van der Waals surface area contributed by atoms with Gasteiger partial charge in [0.2, 0.25) is 5.69 Å². The van der Waals surface area contributed by atoms with Crippen molar-refractivity contribution in [3.05, 3.63) is 64.0 Å². The predicted molar refractivity (Wildman–Crippen MR) is 106 cm³/mol. The van der Waals surface area contributed by atoms with Crippen LogP contribution in [-0.4, -0.2) is 4.98 Å². The fraction of sp³-hybridized carbons (Fsp3) is 0.348. The molecule has 3 heterocycles. The summed E-state index contributed by atoms with van der Waals surface area (Å²) in [5.74, 6) is 0. The minimum atomic E-state index is 1.03. The maximum absolute atomic E-state index is 4.73. The Kier molecular flexibility index (Phi) is 4.66. The van der Waals surface area contributed by atoms with E-state index in [1.165, 1.54) is 50.5 Å². The van der Waals surface area contributed by atoms with Crippen molar-refractivity contribution in [2.24, 2.45) is 14.1 Å². The van der Waals surface area contributed by atoms with Gasteiger partial charge in [0.25, 0.3) is 11.4 Å². The van der Waals surface area contributed by atoms with Gasteiger partial charge < -0.3 is 0 Å². The summed E-state index contributed by atoms with van der Waals surface area (Å²) < 4.78 is 4.49. The monoisotopic (exact) mass is 347 g/mol. The molecule has 0 aromatic carbocycles. The van der Waals surface area contributed by atoms with Crippen molar-refractivity contribution in [3.8, 4) is 22.8 Å². The molecule has 134 valence electrons. The number of aromatic nitrogens is 3. The first kappa shape index (κ1) is 18.2. The van der Waals surface area contributed by atoms with Gasteiger partial charge in [-0.15, -0.1) is 0 Å². The normalized spacial score (nSPS) is 11.1. The molecule has 0 aliphatic carbocycles. The van der Waals surface area contributed by atoms with E-state index in [2.05, 4.69) is 89.2 Å². The second-order valence-corrected chi connectivity index (χ2v) is 7.53. The average molecular weight is 348 g/mol. The summed E-state index contributed by atoms with van der Waals surface area (Å²) in [7, 11) is 4.26. The van der Waals surface area contributed by atoms with Gasteiger partial charge in [0, 0.05) is 29.5 Å². The molecule has 3 nitrogen and oxygen atoms in total. The zero-order valence-corrected chi connectivity index (χ0v) is 17.2. The van der Waals surface area contributed by atoms with Crippen LogP contribution in [0.3, 0.4) is 0 Å². The number of rotatable bonds is 2. The van der Waals surface area contributed by atoms with E-state index in [9.17, 15) is 0 Å². The number of pyridine rings is 3. The van der Waals surface area contributed by atoms with E-state index in [4.69, 9.17) is 4.98 Å². The largest absolute Gasteiger partial charge is 0.277 e. The van der Waals surface area contributed by atoms with E-state index in [1.54, 1.807) is 0 Å². The third-order valence-corrected chi connectivity index (χ3v) is 5.62. The number of nitrogens with zero attached hydrogens (tertiary/aromatic N) is 3. The molecule has 0 spiro atoms. The van der Waals surface area contributed by atoms with Crippen molar-refractivity contribution in [1.29, 1.82) is 0 Å². The van der Waals surface area contributed by atoms with E-state index in [-0.39, 0.29) is 0 Å². The molecule has 0 saturated heterocycles. The van der Waals surface area contributed by atoms with Gasteiger partial charge in [0.05, 0.1) is 0 Å². The maximum atomic E-state index is 4.73. The average Bonchev–Trinajstić information content (AvgIpc) is 2.58. The lowest BCUT2D eigenvalue weighted by atomic mass is 10.0. The highest BCUT2D eigenvalue weighted by Crippen LogP contribution is 2.26. The smallest absolute Gasteiger partial charge is 0.250 e. The third kappa shape index (κ3) is 3.03. The Balaban J connectivity index is 2.32. The molecule has 0 unspecified atom stereocenters. The SMILES string of the molecule is Cc1cnc(-c2c(C)c(C)cc(-c3cc(C)c(C)c[n+]3C)[n+]2C)cc1C. The Hall–Kier alpha value is -2.55. The molecule has 3 heteroatoms. The summed E-state index contributed by atoms with van der Waals surface area (Å²) in [6.45, 7) is 13.0. The molecule has 3 rings (SSSR count). The predicted octanol–water partition coefficient (Wildman–Crippen LogP) is 3.92. The van der Waals surface area contributed by atoms with Gasteiger partial charge in [0.1, 0.15) is 19.8 Å². The van der Waals surface area contributed by atoms with Crippen LogP contribution in [0.15, 0.2) is 30.6 Å². The summed E-state index contributed by atoms with van der Waals surface area (Å²) in [6.07, 6.45) is 4.18. The van der Waals surface area contributed by atoms with E-state index < -0.39 is 0 Å². The van der Waals surface area contributed by atoms with Gasteiger partial charge in [-0.3, -0.25) is 0 Å². The summed E-state index contributed by atoms with van der Waals surface area (Å²) in [4.78, 5) is 4.73. The van der Waals surface area contributed by atoms with Crippen LogP contribution in [0.1, 0.15) is 33.4 Å². The Morgan fingerprint density at radius 1 is 0.692 bits per heavy atom. The van der Waals surface area contributed by atoms with Crippen molar-refractivity contribution < 1.29 is 9.13 Å². The van der Waals surface area contributed by atoms with E-state index in [0.29, 0.717) is 0 Å². The Morgan fingerprint density at radius 2 is 1.31 bits per heavy atom. The Labute approximate surface area is 157 Å². The van der Waals surface area contributed by atoms with Crippen molar-refractivity contribution in [2.75, 3.05) is 0 Å². The first-order chi connectivity index (χ1) is 12.2. The fourth-order valence-corrected chi connectivity index (χ4v) is 3.47. The minimum Gasteiger partial charge on any atom is -0.250 e. The van der Waals surface area contributed by atoms with Crippen LogP contribution in [0.25, 0.3) is 22.8 Å². The number of hydrogen-bond donors (Lipinski definition) is 0.